The van der Waals surface area contributed by atoms with Crippen molar-refractivity contribution in [3.63, 3.8) is 0 Å². The zero-order valence-electron chi connectivity index (χ0n) is 9.48. The van der Waals surface area contributed by atoms with Gasteiger partial charge in [0.1, 0.15) is 11.0 Å². The molecular formula is C11H15ClN2O3. The molecule has 1 unspecified atom stereocenters. The molecule has 0 radical (unpaired) electrons. The number of nitrogens with one attached hydrogen (secondary N) is 1. The zero-order chi connectivity index (χ0) is 12.8. The van der Waals surface area contributed by atoms with Crippen molar-refractivity contribution in [2.45, 2.75) is 25.9 Å². The minimum Gasteiger partial charge on any atom is -0.478 e. The Morgan fingerprint density at radius 3 is 2.88 bits per heavy atom. The summed E-state index contributed by atoms with van der Waals surface area (Å²) in [5.74, 6) is -0.649. The third-order valence-corrected chi connectivity index (χ3v) is 2.49. The maximum absolute atomic E-state index is 10.8. The molecule has 0 aliphatic rings. The third kappa shape index (κ3) is 4.58. The number of aliphatic hydroxyl groups excluding tert-OH is 1. The second-order valence-corrected chi connectivity index (χ2v) is 4.03. The Kier molecular flexibility index (Phi) is 5.18. The van der Waals surface area contributed by atoms with Gasteiger partial charge in [0.25, 0.3) is 0 Å². The van der Waals surface area contributed by atoms with Gasteiger partial charge in [-0.25, -0.2) is 9.78 Å². The normalized spacial score (nSPS) is 12.2. The maximum atomic E-state index is 10.8. The van der Waals surface area contributed by atoms with E-state index in [9.17, 15) is 9.90 Å². The van der Waals surface area contributed by atoms with Gasteiger partial charge in [-0.1, -0.05) is 18.5 Å². The van der Waals surface area contributed by atoms with E-state index in [1.165, 1.54) is 12.1 Å². The second kappa shape index (κ2) is 6.42. The lowest BCUT2D eigenvalue weighted by Gasteiger charge is -2.09. The van der Waals surface area contributed by atoms with Gasteiger partial charge in [0, 0.05) is 6.54 Å². The van der Waals surface area contributed by atoms with Crippen LogP contribution in [0.25, 0.3) is 0 Å². The van der Waals surface area contributed by atoms with Crippen LogP contribution in [0.4, 0.5) is 5.82 Å². The van der Waals surface area contributed by atoms with E-state index in [0.717, 1.165) is 0 Å². The fourth-order valence-corrected chi connectivity index (χ4v) is 1.49. The minimum absolute atomic E-state index is 0.0866. The summed E-state index contributed by atoms with van der Waals surface area (Å²) in [5, 5.41) is 21.2. The van der Waals surface area contributed by atoms with Gasteiger partial charge in [0.2, 0.25) is 0 Å². The molecule has 0 aliphatic heterocycles. The minimum atomic E-state index is -1.05. The van der Waals surface area contributed by atoms with Gasteiger partial charge in [-0.2, -0.15) is 0 Å². The van der Waals surface area contributed by atoms with E-state index in [-0.39, 0.29) is 16.8 Å². The van der Waals surface area contributed by atoms with Gasteiger partial charge < -0.3 is 15.5 Å². The molecule has 1 heterocycles. The van der Waals surface area contributed by atoms with Crippen LogP contribution in [0.3, 0.4) is 0 Å². The summed E-state index contributed by atoms with van der Waals surface area (Å²) in [6.07, 6.45) is 0.902. The molecule has 0 spiro atoms. The number of hydrogen-bond donors (Lipinski definition) is 3. The van der Waals surface area contributed by atoms with E-state index in [2.05, 4.69) is 10.3 Å². The predicted molar refractivity (Wildman–Crippen MR) is 65.6 cm³/mol. The van der Waals surface area contributed by atoms with Crippen molar-refractivity contribution in [2.75, 3.05) is 11.9 Å². The van der Waals surface area contributed by atoms with Crippen LogP contribution in [0.1, 0.15) is 30.1 Å². The van der Waals surface area contributed by atoms with Crippen molar-refractivity contribution in [1.29, 1.82) is 0 Å². The molecule has 1 atom stereocenters. The molecule has 17 heavy (non-hydrogen) atoms. The summed E-state index contributed by atoms with van der Waals surface area (Å²) in [5.41, 5.74) is 0.0866. The number of anilines is 1. The monoisotopic (exact) mass is 258 g/mol. The average molecular weight is 259 g/mol. The van der Waals surface area contributed by atoms with Crippen LogP contribution in [0.15, 0.2) is 12.1 Å². The number of carboxylic acid groups (broad SMARTS) is 1. The Morgan fingerprint density at radius 2 is 2.29 bits per heavy atom. The number of pyridine rings is 1. The number of nitrogens with zero attached hydrogens (tertiary/aromatic N) is 1. The Bertz CT molecular complexity index is 398. The summed E-state index contributed by atoms with van der Waals surface area (Å²) in [7, 11) is 0. The lowest BCUT2D eigenvalue weighted by atomic mass is 10.2. The molecule has 0 bridgehead atoms. The van der Waals surface area contributed by atoms with Gasteiger partial charge in [-0.15, -0.1) is 0 Å². The molecule has 0 aliphatic carbocycles. The van der Waals surface area contributed by atoms with E-state index in [4.69, 9.17) is 16.7 Å². The molecule has 0 saturated heterocycles. The van der Waals surface area contributed by atoms with E-state index in [0.29, 0.717) is 25.2 Å². The summed E-state index contributed by atoms with van der Waals surface area (Å²) in [6.45, 7) is 2.41. The standard InChI is InChI=1S/C11H15ClN2O3/c1-2-8(15)3-4-13-10-6-7(11(16)17)5-9(12)14-10/h5-6,8,15H,2-4H2,1H3,(H,13,14)(H,16,17). The molecule has 1 aromatic heterocycles. The molecular weight excluding hydrogens is 244 g/mol. The quantitative estimate of drug-likeness (QED) is 0.680. The lowest BCUT2D eigenvalue weighted by molar-refractivity contribution is 0.0696. The van der Waals surface area contributed by atoms with Crippen LogP contribution in [-0.4, -0.2) is 33.8 Å². The predicted octanol–water partition coefficient (Wildman–Crippen LogP) is 2.01. The number of rotatable bonds is 6. The van der Waals surface area contributed by atoms with Crippen molar-refractivity contribution >= 4 is 23.4 Å². The maximum Gasteiger partial charge on any atom is 0.335 e. The molecule has 0 saturated carbocycles. The molecule has 1 rings (SSSR count). The van der Waals surface area contributed by atoms with Crippen LogP contribution in [0, 0.1) is 0 Å². The van der Waals surface area contributed by atoms with Gasteiger partial charge in [0.05, 0.1) is 11.7 Å². The number of aromatic nitrogens is 1. The Balaban J connectivity index is 2.62. The van der Waals surface area contributed by atoms with Crippen LogP contribution >= 0.6 is 11.6 Å². The molecule has 0 amide bonds. The first-order chi connectivity index (χ1) is 8.02. The van der Waals surface area contributed by atoms with Gasteiger partial charge in [0.15, 0.2) is 0 Å². The van der Waals surface area contributed by atoms with Crippen LogP contribution in [0.2, 0.25) is 5.15 Å². The molecule has 0 fully saturated rings. The summed E-state index contributed by atoms with van der Waals surface area (Å²) in [6, 6.07) is 2.70. The highest BCUT2D eigenvalue weighted by molar-refractivity contribution is 6.29. The van der Waals surface area contributed by atoms with Gasteiger partial charge in [-0.05, 0) is 25.0 Å². The number of carbonyl (C=O) groups is 1. The number of hydrogen-bond acceptors (Lipinski definition) is 4. The van der Waals surface area contributed by atoms with Crippen molar-refractivity contribution in [3.8, 4) is 0 Å². The Labute approximate surface area is 104 Å². The lowest BCUT2D eigenvalue weighted by Crippen LogP contribution is -2.13. The van der Waals surface area contributed by atoms with Crippen molar-refractivity contribution in [1.82, 2.24) is 4.98 Å². The number of aliphatic hydroxyl groups is 1. The summed E-state index contributed by atoms with van der Waals surface area (Å²) in [4.78, 5) is 14.7. The molecule has 94 valence electrons. The van der Waals surface area contributed by atoms with E-state index >= 15 is 0 Å². The van der Waals surface area contributed by atoms with Crippen LogP contribution in [0.5, 0.6) is 0 Å². The largest absolute Gasteiger partial charge is 0.478 e. The van der Waals surface area contributed by atoms with Crippen LogP contribution in [-0.2, 0) is 0 Å². The fourth-order valence-electron chi connectivity index (χ4n) is 1.28. The average Bonchev–Trinajstić information content (AvgIpc) is 2.28. The third-order valence-electron chi connectivity index (χ3n) is 2.30. The highest BCUT2D eigenvalue weighted by atomic mass is 35.5. The van der Waals surface area contributed by atoms with Crippen molar-refractivity contribution in [2.24, 2.45) is 0 Å². The van der Waals surface area contributed by atoms with Gasteiger partial charge in [-0.3, -0.25) is 0 Å². The first-order valence-corrected chi connectivity index (χ1v) is 5.73. The first kappa shape index (κ1) is 13.7. The van der Waals surface area contributed by atoms with Crippen molar-refractivity contribution in [3.05, 3.63) is 22.8 Å². The van der Waals surface area contributed by atoms with E-state index < -0.39 is 5.97 Å². The summed E-state index contributed by atoms with van der Waals surface area (Å²) < 4.78 is 0. The topological polar surface area (TPSA) is 82.5 Å². The second-order valence-electron chi connectivity index (χ2n) is 3.65. The van der Waals surface area contributed by atoms with E-state index in [1.807, 2.05) is 6.92 Å². The molecule has 1 aromatic rings. The number of carboxylic acids is 1. The molecule has 5 nitrogen and oxygen atoms in total. The van der Waals surface area contributed by atoms with Crippen LogP contribution < -0.4 is 5.32 Å². The highest BCUT2D eigenvalue weighted by Crippen LogP contribution is 2.14. The smallest absolute Gasteiger partial charge is 0.335 e. The van der Waals surface area contributed by atoms with Crippen molar-refractivity contribution < 1.29 is 15.0 Å². The molecule has 6 heteroatoms. The Morgan fingerprint density at radius 1 is 1.59 bits per heavy atom. The fraction of sp³-hybridized carbons (Fsp3) is 0.455. The molecule has 3 N–H and O–H groups in total. The Hall–Kier alpha value is -1.33. The zero-order valence-corrected chi connectivity index (χ0v) is 10.2. The first-order valence-electron chi connectivity index (χ1n) is 5.35. The highest BCUT2D eigenvalue weighted by Gasteiger charge is 2.07. The number of halogens is 1. The SMILES string of the molecule is CCC(O)CCNc1cc(C(=O)O)cc(Cl)n1. The number of aromatic carboxylic acids is 1. The molecule has 0 aromatic carbocycles. The van der Waals surface area contributed by atoms with Gasteiger partial charge >= 0.3 is 5.97 Å². The summed E-state index contributed by atoms with van der Waals surface area (Å²) >= 11 is 5.70. The van der Waals surface area contributed by atoms with E-state index in [1.54, 1.807) is 0 Å².